The average molecular weight is 412 g/mol. The van der Waals surface area contributed by atoms with Gasteiger partial charge in [0.2, 0.25) is 0 Å². The maximum absolute atomic E-state index is 13.7. The van der Waals surface area contributed by atoms with Crippen molar-refractivity contribution in [2.45, 2.75) is 19.0 Å². The second kappa shape index (κ2) is 7.93. The van der Waals surface area contributed by atoms with Gasteiger partial charge in [-0.3, -0.25) is 0 Å². The molecule has 1 N–H and O–H groups in total. The molecule has 0 atom stereocenters. The van der Waals surface area contributed by atoms with Crippen molar-refractivity contribution in [3.63, 3.8) is 0 Å². The number of fused-ring (bicyclic) bond motifs is 2. The number of ether oxygens (including phenoxy) is 1. The molecule has 0 bridgehead atoms. The third kappa shape index (κ3) is 4.14. The Balaban J connectivity index is 1.61. The van der Waals surface area contributed by atoms with Crippen molar-refractivity contribution in [1.29, 1.82) is 0 Å². The van der Waals surface area contributed by atoms with E-state index in [0.29, 0.717) is 40.2 Å². The van der Waals surface area contributed by atoms with Gasteiger partial charge in [-0.25, -0.2) is 4.39 Å². The van der Waals surface area contributed by atoms with Gasteiger partial charge in [0.05, 0.1) is 9.81 Å². The first-order chi connectivity index (χ1) is 13.4. The van der Waals surface area contributed by atoms with E-state index in [9.17, 15) is 17.6 Å². The van der Waals surface area contributed by atoms with E-state index in [0.717, 1.165) is 50.8 Å². The van der Waals surface area contributed by atoms with Crippen LogP contribution in [0.5, 0.6) is 5.75 Å². The molecule has 1 saturated heterocycles. The number of thioether (sulfide) groups is 1. The summed E-state index contributed by atoms with van der Waals surface area (Å²) < 4.78 is 59.1. The molecule has 1 aromatic rings. The van der Waals surface area contributed by atoms with E-state index in [1.165, 1.54) is 18.2 Å². The number of allylic oxidation sites excluding steroid dienone is 4. The molecule has 3 aliphatic heterocycles. The Morgan fingerprint density at radius 2 is 1.93 bits per heavy atom. The molecule has 3 aliphatic rings. The minimum atomic E-state index is -4.41. The molecule has 0 unspecified atom stereocenters. The number of halogens is 4. The fourth-order valence-corrected chi connectivity index (χ4v) is 4.61. The fourth-order valence-electron chi connectivity index (χ4n) is 3.60. The van der Waals surface area contributed by atoms with Crippen LogP contribution in [0.2, 0.25) is 0 Å². The van der Waals surface area contributed by atoms with Crippen LogP contribution in [-0.2, 0) is 0 Å². The summed E-state index contributed by atoms with van der Waals surface area (Å²) in [5.41, 5.74) is 1.47. The SMILES string of the molecule is Fc1ccc2c(c1)OC1=CC=C(C(F)(F)F)SC1=C2CCCN1CCNCC1. The van der Waals surface area contributed by atoms with Gasteiger partial charge < -0.3 is 15.0 Å². The summed E-state index contributed by atoms with van der Waals surface area (Å²) in [6, 6.07) is 4.21. The van der Waals surface area contributed by atoms with Crippen LogP contribution >= 0.6 is 11.8 Å². The van der Waals surface area contributed by atoms with E-state index >= 15 is 0 Å². The normalized spacial score (nSPS) is 20.1. The van der Waals surface area contributed by atoms with Crippen molar-refractivity contribution >= 4 is 17.3 Å². The minimum Gasteiger partial charge on any atom is -0.455 e. The molecule has 3 nitrogen and oxygen atoms in total. The Morgan fingerprint density at radius 3 is 2.68 bits per heavy atom. The predicted molar refractivity (Wildman–Crippen MR) is 102 cm³/mol. The van der Waals surface area contributed by atoms with Crippen LogP contribution < -0.4 is 10.1 Å². The molecule has 1 fully saturated rings. The Morgan fingerprint density at radius 1 is 1.14 bits per heavy atom. The summed E-state index contributed by atoms with van der Waals surface area (Å²) in [5, 5.41) is 3.30. The van der Waals surface area contributed by atoms with Gasteiger partial charge in [-0.05, 0) is 49.2 Å². The van der Waals surface area contributed by atoms with Crippen molar-refractivity contribution in [3.8, 4) is 5.75 Å². The molecular formula is C20H20F4N2OS. The van der Waals surface area contributed by atoms with Crippen molar-refractivity contribution in [3.05, 3.63) is 57.3 Å². The second-order valence-corrected chi connectivity index (χ2v) is 7.96. The maximum Gasteiger partial charge on any atom is 0.422 e. The lowest BCUT2D eigenvalue weighted by Crippen LogP contribution is -2.43. The number of hydrogen-bond acceptors (Lipinski definition) is 4. The van der Waals surface area contributed by atoms with Crippen LogP contribution in [0.4, 0.5) is 17.6 Å². The highest BCUT2D eigenvalue weighted by Gasteiger charge is 2.39. The number of rotatable bonds is 4. The first kappa shape index (κ1) is 19.5. The average Bonchev–Trinajstić information content (AvgIpc) is 2.67. The quantitative estimate of drug-likeness (QED) is 0.725. The van der Waals surface area contributed by atoms with Crippen LogP contribution in [0.1, 0.15) is 18.4 Å². The molecule has 3 heterocycles. The summed E-state index contributed by atoms with van der Waals surface area (Å²) >= 11 is 0.689. The molecule has 0 aliphatic carbocycles. The van der Waals surface area contributed by atoms with Gasteiger partial charge in [-0.2, -0.15) is 13.2 Å². The molecule has 28 heavy (non-hydrogen) atoms. The molecule has 150 valence electrons. The third-order valence-electron chi connectivity index (χ3n) is 4.97. The lowest BCUT2D eigenvalue weighted by molar-refractivity contribution is -0.0836. The fraction of sp³-hybridized carbons (Fsp3) is 0.400. The van der Waals surface area contributed by atoms with Gasteiger partial charge in [0.15, 0.2) is 0 Å². The van der Waals surface area contributed by atoms with Crippen molar-refractivity contribution in [2.75, 3.05) is 32.7 Å². The highest BCUT2D eigenvalue weighted by molar-refractivity contribution is 8.07. The van der Waals surface area contributed by atoms with E-state index in [4.69, 9.17) is 4.74 Å². The third-order valence-corrected chi connectivity index (χ3v) is 6.21. The van der Waals surface area contributed by atoms with Crippen LogP contribution in [0.15, 0.2) is 45.9 Å². The standard InChI is InChI=1S/C20H20F4N2OS/c21-13-3-4-14-15(2-1-9-26-10-7-25-8-11-26)19-16(27-17(14)12-13)5-6-18(28-19)20(22,23)24/h3-6,12,25H,1-2,7-11H2. The first-order valence-corrected chi connectivity index (χ1v) is 10.0. The summed E-state index contributed by atoms with van der Waals surface area (Å²) in [6.07, 6.45) is -0.634. The number of nitrogens with one attached hydrogen (secondary N) is 1. The molecule has 1 aromatic carbocycles. The number of piperazine rings is 1. The smallest absolute Gasteiger partial charge is 0.422 e. The van der Waals surface area contributed by atoms with Gasteiger partial charge in [-0.15, -0.1) is 0 Å². The van der Waals surface area contributed by atoms with E-state index in [2.05, 4.69) is 10.2 Å². The zero-order chi connectivity index (χ0) is 19.7. The lowest BCUT2D eigenvalue weighted by atomic mass is 9.96. The van der Waals surface area contributed by atoms with Gasteiger partial charge in [0, 0.05) is 37.8 Å². The zero-order valence-corrected chi connectivity index (χ0v) is 15.9. The summed E-state index contributed by atoms with van der Waals surface area (Å²) in [4.78, 5) is 2.16. The van der Waals surface area contributed by atoms with Crippen molar-refractivity contribution < 1.29 is 22.3 Å². The molecule has 8 heteroatoms. The summed E-state index contributed by atoms with van der Waals surface area (Å²) in [5.74, 6) is 0.280. The molecule has 4 rings (SSSR count). The Hall–Kier alpha value is -1.77. The zero-order valence-electron chi connectivity index (χ0n) is 15.1. The molecule has 0 aromatic heterocycles. The van der Waals surface area contributed by atoms with E-state index in [1.807, 2.05) is 0 Å². The Bertz CT molecular complexity index is 854. The predicted octanol–water partition coefficient (Wildman–Crippen LogP) is 4.69. The molecule has 0 spiro atoms. The van der Waals surface area contributed by atoms with E-state index in [-0.39, 0.29) is 0 Å². The molecule has 0 saturated carbocycles. The molecule has 0 radical (unpaired) electrons. The van der Waals surface area contributed by atoms with Crippen LogP contribution in [0.3, 0.4) is 0 Å². The topological polar surface area (TPSA) is 24.5 Å². The van der Waals surface area contributed by atoms with E-state index < -0.39 is 16.9 Å². The molecular weight excluding hydrogens is 392 g/mol. The second-order valence-electron chi connectivity index (χ2n) is 6.91. The van der Waals surface area contributed by atoms with Crippen LogP contribution in [0, 0.1) is 5.82 Å². The number of nitrogens with zero attached hydrogens (tertiary/aromatic N) is 1. The minimum absolute atomic E-state index is 0.355. The summed E-state index contributed by atoms with van der Waals surface area (Å²) in [7, 11) is 0. The number of hydrogen-bond donors (Lipinski definition) is 1. The Kier molecular flexibility index (Phi) is 5.53. The maximum atomic E-state index is 13.7. The van der Waals surface area contributed by atoms with Crippen LogP contribution in [-0.4, -0.2) is 43.8 Å². The lowest BCUT2D eigenvalue weighted by Gasteiger charge is -2.30. The monoisotopic (exact) mass is 412 g/mol. The highest BCUT2D eigenvalue weighted by Crippen LogP contribution is 2.51. The van der Waals surface area contributed by atoms with Crippen molar-refractivity contribution in [1.82, 2.24) is 10.2 Å². The van der Waals surface area contributed by atoms with Gasteiger partial charge >= 0.3 is 6.18 Å². The van der Waals surface area contributed by atoms with Crippen LogP contribution in [0.25, 0.3) is 5.57 Å². The van der Waals surface area contributed by atoms with Gasteiger partial charge in [0.1, 0.15) is 17.3 Å². The number of benzene rings is 1. The Labute approximate surface area is 165 Å². The van der Waals surface area contributed by atoms with Gasteiger partial charge in [-0.1, -0.05) is 11.8 Å². The summed E-state index contributed by atoms with van der Waals surface area (Å²) in [6.45, 7) is 4.72. The van der Waals surface area contributed by atoms with Gasteiger partial charge in [0.25, 0.3) is 0 Å². The largest absolute Gasteiger partial charge is 0.455 e. The number of alkyl halides is 3. The highest BCUT2D eigenvalue weighted by atomic mass is 32.2. The van der Waals surface area contributed by atoms with E-state index in [1.54, 1.807) is 6.07 Å². The molecule has 0 amide bonds. The van der Waals surface area contributed by atoms with Crippen molar-refractivity contribution in [2.24, 2.45) is 0 Å². The first-order valence-electron chi connectivity index (χ1n) is 9.23.